The lowest BCUT2D eigenvalue weighted by molar-refractivity contribution is -0.0292. The van der Waals surface area contributed by atoms with E-state index < -0.39 is 0 Å². The molecule has 1 aliphatic carbocycles. The van der Waals surface area contributed by atoms with Gasteiger partial charge in [0.1, 0.15) is 5.82 Å². The minimum absolute atomic E-state index is 0.379. The van der Waals surface area contributed by atoms with Crippen LogP contribution in [0.5, 0.6) is 0 Å². The Morgan fingerprint density at radius 2 is 2.37 bits per heavy atom. The lowest BCUT2D eigenvalue weighted by Crippen LogP contribution is -2.41. The molecule has 0 amide bonds. The molecular formula is C14H26N4O. The fourth-order valence-corrected chi connectivity index (χ4v) is 2.85. The Kier molecular flexibility index (Phi) is 5.36. The normalized spacial score (nSPS) is 24.2. The summed E-state index contributed by atoms with van der Waals surface area (Å²) in [4.78, 5) is 4.35. The van der Waals surface area contributed by atoms with Crippen molar-refractivity contribution in [3.63, 3.8) is 0 Å². The van der Waals surface area contributed by atoms with Crippen molar-refractivity contribution in [1.82, 2.24) is 15.0 Å². The van der Waals surface area contributed by atoms with E-state index in [0.29, 0.717) is 12.1 Å². The number of aromatic nitrogens is 2. The minimum Gasteiger partial charge on any atom is -0.378 e. The van der Waals surface area contributed by atoms with E-state index in [9.17, 15) is 0 Å². The molecule has 19 heavy (non-hydrogen) atoms. The molecule has 1 atom stereocenters. The molecule has 0 aliphatic heterocycles. The summed E-state index contributed by atoms with van der Waals surface area (Å²) in [6.45, 7) is 2.89. The van der Waals surface area contributed by atoms with Crippen LogP contribution in [0.4, 0.5) is 0 Å². The number of imidazole rings is 1. The van der Waals surface area contributed by atoms with Crippen LogP contribution < -0.4 is 11.3 Å². The number of hydrazine groups is 1. The lowest BCUT2D eigenvalue weighted by atomic mass is 9.77. The molecule has 0 bridgehead atoms. The molecule has 0 aromatic carbocycles. The topological polar surface area (TPSA) is 65.1 Å². The number of hydrogen-bond donors (Lipinski definition) is 2. The summed E-state index contributed by atoms with van der Waals surface area (Å²) in [6.07, 6.45) is 9.85. The molecule has 1 fully saturated rings. The van der Waals surface area contributed by atoms with Crippen molar-refractivity contribution in [2.24, 2.45) is 18.8 Å². The molecule has 5 nitrogen and oxygen atoms in total. The molecule has 0 saturated heterocycles. The fourth-order valence-electron chi connectivity index (χ4n) is 2.85. The third-order valence-electron chi connectivity index (χ3n) is 4.09. The van der Waals surface area contributed by atoms with Crippen LogP contribution in [0, 0.1) is 5.92 Å². The highest BCUT2D eigenvalue weighted by molar-refractivity contribution is 4.92. The quantitative estimate of drug-likeness (QED) is 0.551. The monoisotopic (exact) mass is 266 g/mol. The smallest absolute Gasteiger partial charge is 0.108 e. The first kappa shape index (κ1) is 14.5. The average molecular weight is 266 g/mol. The first-order valence-electron chi connectivity index (χ1n) is 7.26. The van der Waals surface area contributed by atoms with Crippen molar-refractivity contribution in [3.8, 4) is 0 Å². The Hall–Kier alpha value is -0.910. The summed E-state index contributed by atoms with van der Waals surface area (Å²) in [5, 5.41) is 0. The van der Waals surface area contributed by atoms with Gasteiger partial charge < -0.3 is 9.30 Å². The van der Waals surface area contributed by atoms with Crippen molar-refractivity contribution >= 4 is 0 Å². The van der Waals surface area contributed by atoms with Crippen LogP contribution in [-0.4, -0.2) is 28.3 Å². The van der Waals surface area contributed by atoms with E-state index in [0.717, 1.165) is 37.6 Å². The first-order chi connectivity index (χ1) is 9.22. The van der Waals surface area contributed by atoms with Gasteiger partial charge in [0.25, 0.3) is 0 Å². The van der Waals surface area contributed by atoms with Gasteiger partial charge in [-0.25, -0.2) is 4.98 Å². The van der Waals surface area contributed by atoms with Crippen LogP contribution in [0.2, 0.25) is 0 Å². The number of rotatable bonds is 8. The molecule has 2 rings (SSSR count). The number of nitrogens with one attached hydrogen (secondary N) is 1. The van der Waals surface area contributed by atoms with Crippen LogP contribution in [0.25, 0.3) is 0 Å². The molecule has 1 saturated carbocycles. The van der Waals surface area contributed by atoms with Crippen LogP contribution in [-0.2, 0) is 18.2 Å². The van der Waals surface area contributed by atoms with Crippen molar-refractivity contribution in [1.29, 1.82) is 0 Å². The SMILES string of the molecule is CCOC1CC(CC(CCc2nccn2C)NN)C1. The number of nitrogens with zero attached hydrogens (tertiary/aromatic N) is 2. The first-order valence-corrected chi connectivity index (χ1v) is 7.26. The van der Waals surface area contributed by atoms with E-state index in [2.05, 4.69) is 21.9 Å². The largest absolute Gasteiger partial charge is 0.378 e. The van der Waals surface area contributed by atoms with Gasteiger partial charge in [0.05, 0.1) is 6.10 Å². The van der Waals surface area contributed by atoms with Crippen LogP contribution in [0.1, 0.15) is 38.4 Å². The maximum atomic E-state index is 5.66. The molecule has 108 valence electrons. The highest BCUT2D eigenvalue weighted by Crippen LogP contribution is 2.34. The molecule has 1 unspecified atom stereocenters. The molecule has 0 radical (unpaired) electrons. The van der Waals surface area contributed by atoms with Crippen LogP contribution >= 0.6 is 0 Å². The maximum Gasteiger partial charge on any atom is 0.108 e. The van der Waals surface area contributed by atoms with Crippen molar-refractivity contribution in [2.75, 3.05) is 6.61 Å². The van der Waals surface area contributed by atoms with E-state index in [-0.39, 0.29) is 0 Å². The standard InChI is InChI=1S/C14H26N4O/c1-3-19-13-9-11(10-13)8-12(17-15)4-5-14-16-6-7-18(14)2/h6-7,11-13,17H,3-5,8-10,15H2,1-2H3. The molecule has 3 N–H and O–H groups in total. The molecular weight excluding hydrogens is 240 g/mol. The second-order valence-corrected chi connectivity index (χ2v) is 5.51. The van der Waals surface area contributed by atoms with Gasteiger partial charge in [0, 0.05) is 38.5 Å². The van der Waals surface area contributed by atoms with Gasteiger partial charge in [0.2, 0.25) is 0 Å². The Morgan fingerprint density at radius 1 is 1.58 bits per heavy atom. The van der Waals surface area contributed by atoms with Crippen molar-refractivity contribution < 1.29 is 4.74 Å². The zero-order valence-electron chi connectivity index (χ0n) is 12.0. The molecule has 0 spiro atoms. The Bertz CT molecular complexity index is 373. The fraction of sp³-hybridized carbons (Fsp3) is 0.786. The van der Waals surface area contributed by atoms with Gasteiger partial charge >= 0.3 is 0 Å². The number of aryl methyl sites for hydroxylation is 2. The zero-order chi connectivity index (χ0) is 13.7. The third kappa shape index (κ3) is 4.03. The van der Waals surface area contributed by atoms with Gasteiger partial charge in [-0.15, -0.1) is 0 Å². The summed E-state index contributed by atoms with van der Waals surface area (Å²) in [5.74, 6) is 7.55. The van der Waals surface area contributed by atoms with E-state index in [1.54, 1.807) is 0 Å². The summed E-state index contributed by atoms with van der Waals surface area (Å²) >= 11 is 0. The summed E-state index contributed by atoms with van der Waals surface area (Å²) in [6, 6.07) is 0.379. The van der Waals surface area contributed by atoms with E-state index in [1.165, 1.54) is 12.8 Å². The van der Waals surface area contributed by atoms with Gasteiger partial charge in [0.15, 0.2) is 0 Å². The van der Waals surface area contributed by atoms with Gasteiger partial charge in [-0.1, -0.05) is 0 Å². The molecule has 1 aliphatic rings. The van der Waals surface area contributed by atoms with Crippen LogP contribution in [0.3, 0.4) is 0 Å². The third-order valence-corrected chi connectivity index (χ3v) is 4.09. The second kappa shape index (κ2) is 7.03. The Labute approximate surface area is 115 Å². The second-order valence-electron chi connectivity index (χ2n) is 5.51. The zero-order valence-corrected chi connectivity index (χ0v) is 12.0. The molecule has 1 aromatic heterocycles. The van der Waals surface area contributed by atoms with Gasteiger partial charge in [-0.05, 0) is 38.5 Å². The number of nitrogens with two attached hydrogens (primary N) is 1. The number of hydrogen-bond acceptors (Lipinski definition) is 4. The highest BCUT2D eigenvalue weighted by Gasteiger charge is 2.31. The highest BCUT2D eigenvalue weighted by atomic mass is 16.5. The maximum absolute atomic E-state index is 5.66. The predicted molar refractivity (Wildman–Crippen MR) is 75.4 cm³/mol. The molecule has 1 aromatic rings. The van der Waals surface area contributed by atoms with Crippen molar-refractivity contribution in [2.45, 2.75) is 51.2 Å². The Balaban J connectivity index is 1.68. The Morgan fingerprint density at radius 3 is 2.95 bits per heavy atom. The predicted octanol–water partition coefficient (Wildman–Crippen LogP) is 1.39. The molecule has 5 heteroatoms. The van der Waals surface area contributed by atoms with Crippen LogP contribution in [0.15, 0.2) is 12.4 Å². The van der Waals surface area contributed by atoms with E-state index in [1.807, 2.05) is 19.4 Å². The summed E-state index contributed by atoms with van der Waals surface area (Å²) in [7, 11) is 2.03. The number of ether oxygens (including phenoxy) is 1. The lowest BCUT2D eigenvalue weighted by Gasteiger charge is -2.36. The van der Waals surface area contributed by atoms with Crippen molar-refractivity contribution in [3.05, 3.63) is 18.2 Å². The van der Waals surface area contributed by atoms with E-state index >= 15 is 0 Å². The average Bonchev–Trinajstić information content (AvgIpc) is 2.76. The van der Waals surface area contributed by atoms with E-state index in [4.69, 9.17) is 10.6 Å². The summed E-state index contributed by atoms with van der Waals surface area (Å²) < 4.78 is 7.66. The van der Waals surface area contributed by atoms with Gasteiger partial charge in [-0.3, -0.25) is 11.3 Å². The minimum atomic E-state index is 0.379. The summed E-state index contributed by atoms with van der Waals surface area (Å²) in [5.41, 5.74) is 2.95. The van der Waals surface area contributed by atoms with Gasteiger partial charge in [-0.2, -0.15) is 0 Å². The molecule has 1 heterocycles.